The molecule has 0 radical (unpaired) electrons. The average Bonchev–Trinajstić information content (AvgIpc) is 2.38. The predicted molar refractivity (Wildman–Crippen MR) is 68.8 cm³/mol. The molecule has 0 aromatic heterocycles. The summed E-state index contributed by atoms with van der Waals surface area (Å²) in [6.45, 7) is 7.53. The van der Waals surface area contributed by atoms with Gasteiger partial charge in [-0.25, -0.2) is 4.79 Å². The van der Waals surface area contributed by atoms with Crippen LogP contribution in [-0.4, -0.2) is 45.8 Å². The van der Waals surface area contributed by atoms with E-state index in [0.717, 1.165) is 26.1 Å². The molecule has 0 saturated heterocycles. The lowest BCUT2D eigenvalue weighted by molar-refractivity contribution is 0.0377. The van der Waals surface area contributed by atoms with Crippen molar-refractivity contribution in [1.82, 2.24) is 0 Å². The van der Waals surface area contributed by atoms with Crippen LogP contribution < -0.4 is 0 Å². The van der Waals surface area contributed by atoms with Crippen LogP contribution in [0.2, 0.25) is 0 Å². The van der Waals surface area contributed by atoms with Gasteiger partial charge in [0.25, 0.3) is 0 Å². The standard InChI is InChI=1S/C13H26O5/c1-3-7-15-9-5-11-17-13(14)18-12-6-10-16-8-4-2/h3-12H2,1-2H3. The summed E-state index contributed by atoms with van der Waals surface area (Å²) in [6, 6.07) is 0. The van der Waals surface area contributed by atoms with Gasteiger partial charge < -0.3 is 18.9 Å². The number of hydrogen-bond donors (Lipinski definition) is 0. The van der Waals surface area contributed by atoms with Crippen LogP contribution in [-0.2, 0) is 18.9 Å². The Morgan fingerprint density at radius 3 is 1.56 bits per heavy atom. The molecule has 0 spiro atoms. The van der Waals surface area contributed by atoms with Gasteiger partial charge in [-0.1, -0.05) is 13.8 Å². The molecule has 0 heterocycles. The number of ether oxygens (including phenoxy) is 4. The van der Waals surface area contributed by atoms with Crippen molar-refractivity contribution >= 4 is 6.16 Å². The molecule has 0 aliphatic heterocycles. The van der Waals surface area contributed by atoms with Crippen molar-refractivity contribution < 1.29 is 23.7 Å². The molecule has 5 nitrogen and oxygen atoms in total. The molecule has 0 saturated carbocycles. The van der Waals surface area contributed by atoms with Gasteiger partial charge in [0.05, 0.1) is 13.2 Å². The van der Waals surface area contributed by atoms with Crippen LogP contribution in [0.3, 0.4) is 0 Å². The molecule has 18 heavy (non-hydrogen) atoms. The monoisotopic (exact) mass is 262 g/mol. The first-order valence-corrected chi connectivity index (χ1v) is 6.76. The lowest BCUT2D eigenvalue weighted by Gasteiger charge is -2.06. The number of rotatable bonds is 12. The molecule has 0 N–H and O–H groups in total. The van der Waals surface area contributed by atoms with Crippen LogP contribution in [0, 0.1) is 0 Å². The van der Waals surface area contributed by atoms with Gasteiger partial charge in [0.15, 0.2) is 0 Å². The van der Waals surface area contributed by atoms with Crippen LogP contribution in [0.25, 0.3) is 0 Å². The highest BCUT2D eigenvalue weighted by Crippen LogP contribution is 1.93. The van der Waals surface area contributed by atoms with Crippen molar-refractivity contribution in [2.75, 3.05) is 39.6 Å². The van der Waals surface area contributed by atoms with E-state index >= 15 is 0 Å². The molecule has 0 unspecified atom stereocenters. The largest absolute Gasteiger partial charge is 0.508 e. The van der Waals surface area contributed by atoms with Crippen molar-refractivity contribution in [2.24, 2.45) is 0 Å². The summed E-state index contributed by atoms with van der Waals surface area (Å²) in [5, 5.41) is 0. The van der Waals surface area contributed by atoms with E-state index in [2.05, 4.69) is 13.8 Å². The lowest BCUT2D eigenvalue weighted by Crippen LogP contribution is -2.12. The van der Waals surface area contributed by atoms with Gasteiger partial charge >= 0.3 is 6.16 Å². The van der Waals surface area contributed by atoms with E-state index in [1.54, 1.807) is 0 Å². The Labute approximate surface area is 110 Å². The molecule has 0 aromatic rings. The third-order valence-electron chi connectivity index (χ3n) is 2.00. The van der Waals surface area contributed by atoms with E-state index in [4.69, 9.17) is 18.9 Å². The van der Waals surface area contributed by atoms with Gasteiger partial charge in [-0.15, -0.1) is 0 Å². The summed E-state index contributed by atoms with van der Waals surface area (Å²) in [7, 11) is 0. The maximum absolute atomic E-state index is 11.1. The van der Waals surface area contributed by atoms with Crippen molar-refractivity contribution in [1.29, 1.82) is 0 Å². The van der Waals surface area contributed by atoms with E-state index < -0.39 is 6.16 Å². The van der Waals surface area contributed by atoms with E-state index in [0.29, 0.717) is 39.3 Å². The summed E-state index contributed by atoms with van der Waals surface area (Å²) < 4.78 is 20.2. The highest BCUT2D eigenvalue weighted by atomic mass is 16.7. The highest BCUT2D eigenvalue weighted by molar-refractivity contribution is 5.59. The zero-order chi connectivity index (χ0) is 13.5. The molecule has 108 valence electrons. The first-order chi connectivity index (χ1) is 8.81. The van der Waals surface area contributed by atoms with Crippen LogP contribution in [0.1, 0.15) is 39.5 Å². The average molecular weight is 262 g/mol. The fourth-order valence-corrected chi connectivity index (χ4v) is 1.17. The van der Waals surface area contributed by atoms with E-state index in [1.807, 2.05) is 0 Å². The van der Waals surface area contributed by atoms with Crippen molar-refractivity contribution in [3.8, 4) is 0 Å². The lowest BCUT2D eigenvalue weighted by atomic mass is 10.5. The molecule has 5 heteroatoms. The summed E-state index contributed by atoms with van der Waals surface area (Å²) in [4.78, 5) is 11.1. The second-order valence-corrected chi connectivity index (χ2v) is 3.88. The molecule has 0 aliphatic carbocycles. The van der Waals surface area contributed by atoms with Crippen LogP contribution in [0.15, 0.2) is 0 Å². The fourth-order valence-electron chi connectivity index (χ4n) is 1.17. The molecule has 0 aromatic carbocycles. The maximum atomic E-state index is 11.1. The van der Waals surface area contributed by atoms with Gasteiger partial charge in [0.1, 0.15) is 0 Å². The van der Waals surface area contributed by atoms with Crippen molar-refractivity contribution in [2.45, 2.75) is 39.5 Å². The van der Waals surface area contributed by atoms with Gasteiger partial charge in [-0.2, -0.15) is 0 Å². The predicted octanol–water partition coefficient (Wildman–Crippen LogP) is 2.77. The van der Waals surface area contributed by atoms with E-state index in [1.165, 1.54) is 0 Å². The van der Waals surface area contributed by atoms with Gasteiger partial charge in [-0.05, 0) is 12.8 Å². The molecular weight excluding hydrogens is 236 g/mol. The Kier molecular flexibility index (Phi) is 13.6. The summed E-state index contributed by atoms with van der Waals surface area (Å²) in [5.41, 5.74) is 0. The topological polar surface area (TPSA) is 54.0 Å². The van der Waals surface area contributed by atoms with Crippen molar-refractivity contribution in [3.63, 3.8) is 0 Å². The summed E-state index contributed by atoms with van der Waals surface area (Å²) in [5.74, 6) is 0. The Balaban J connectivity index is 3.12. The quantitative estimate of drug-likeness (QED) is 0.400. The fraction of sp³-hybridized carbons (Fsp3) is 0.923. The Bertz CT molecular complexity index is 166. The molecular formula is C13H26O5. The van der Waals surface area contributed by atoms with Gasteiger partial charge in [0, 0.05) is 39.3 Å². The first kappa shape index (κ1) is 17.2. The molecule has 0 atom stereocenters. The third kappa shape index (κ3) is 13.3. The van der Waals surface area contributed by atoms with Crippen LogP contribution in [0.4, 0.5) is 4.79 Å². The van der Waals surface area contributed by atoms with Gasteiger partial charge in [-0.3, -0.25) is 0 Å². The maximum Gasteiger partial charge on any atom is 0.508 e. The number of hydrogen-bond acceptors (Lipinski definition) is 5. The Hall–Kier alpha value is -0.810. The van der Waals surface area contributed by atoms with Crippen LogP contribution in [0.5, 0.6) is 0 Å². The smallest absolute Gasteiger partial charge is 0.434 e. The molecule has 0 amide bonds. The Morgan fingerprint density at radius 1 is 0.722 bits per heavy atom. The second kappa shape index (κ2) is 14.3. The van der Waals surface area contributed by atoms with E-state index in [9.17, 15) is 4.79 Å². The normalized spacial score (nSPS) is 10.3. The second-order valence-electron chi connectivity index (χ2n) is 3.88. The van der Waals surface area contributed by atoms with Crippen LogP contribution >= 0.6 is 0 Å². The van der Waals surface area contributed by atoms with Crippen molar-refractivity contribution in [3.05, 3.63) is 0 Å². The molecule has 0 aliphatic rings. The minimum atomic E-state index is -0.610. The first-order valence-electron chi connectivity index (χ1n) is 6.76. The SMILES string of the molecule is CCCOCCCOC(=O)OCCCOCCC. The molecule has 0 fully saturated rings. The van der Waals surface area contributed by atoms with Gasteiger partial charge in [0.2, 0.25) is 0 Å². The minimum absolute atomic E-state index is 0.342. The highest BCUT2D eigenvalue weighted by Gasteiger charge is 2.02. The zero-order valence-electron chi connectivity index (χ0n) is 11.6. The van der Waals surface area contributed by atoms with E-state index in [-0.39, 0.29) is 0 Å². The number of carbonyl (C=O) groups is 1. The summed E-state index contributed by atoms with van der Waals surface area (Å²) in [6.07, 6.45) is 2.80. The third-order valence-corrected chi connectivity index (χ3v) is 2.00. The molecule has 0 bridgehead atoms. The Morgan fingerprint density at radius 2 is 1.17 bits per heavy atom. The zero-order valence-corrected chi connectivity index (χ0v) is 11.6. The molecule has 0 rings (SSSR count). The minimum Gasteiger partial charge on any atom is -0.434 e. The number of carbonyl (C=O) groups excluding carboxylic acids is 1. The summed E-state index contributed by atoms with van der Waals surface area (Å²) >= 11 is 0.